The minimum atomic E-state index is 1.10. The van der Waals surface area contributed by atoms with Crippen molar-refractivity contribution in [3.8, 4) is 0 Å². The van der Waals surface area contributed by atoms with Crippen LogP contribution in [0.3, 0.4) is 0 Å². The molecule has 0 aromatic carbocycles. The van der Waals surface area contributed by atoms with E-state index in [2.05, 4.69) is 42.9 Å². The molecule has 0 heterocycles. The average Bonchev–Trinajstić information content (AvgIpc) is 2.18. The number of rotatable bonds is 0. The molecule has 0 fully saturated rings. The molecule has 0 bridgehead atoms. The molecule has 0 spiro atoms. The van der Waals surface area contributed by atoms with E-state index in [1.807, 2.05) is 0 Å². The first-order valence-electron chi connectivity index (χ1n) is 5.28. The smallest absolute Gasteiger partial charge is 0.0167 e. The van der Waals surface area contributed by atoms with Gasteiger partial charge in [-0.15, -0.1) is 0 Å². The fraction of sp³-hybridized carbons (Fsp3) is 0.462. The van der Waals surface area contributed by atoms with Gasteiger partial charge >= 0.3 is 0 Å². The Morgan fingerprint density at radius 2 is 1.38 bits per heavy atom. The quantitative estimate of drug-likeness (QED) is 0.484. The van der Waals surface area contributed by atoms with Crippen LogP contribution in [0, 0.1) is 6.42 Å². The van der Waals surface area contributed by atoms with Crippen LogP contribution in [0.15, 0.2) is 36.5 Å². The summed E-state index contributed by atoms with van der Waals surface area (Å²) in [6, 6.07) is 0. The van der Waals surface area contributed by atoms with E-state index in [9.17, 15) is 0 Å². The Hall–Kier alpha value is -0.780. The molecule has 1 aliphatic carbocycles. The Balaban J connectivity index is 2.27. The minimum absolute atomic E-state index is 1.10. The maximum atomic E-state index is 2.29. The van der Waals surface area contributed by atoms with E-state index in [1.54, 1.807) is 0 Å². The van der Waals surface area contributed by atoms with Crippen molar-refractivity contribution in [3.05, 3.63) is 42.9 Å². The number of allylic oxidation sites excluding steroid dienone is 6. The van der Waals surface area contributed by atoms with Crippen molar-refractivity contribution in [1.29, 1.82) is 0 Å². The van der Waals surface area contributed by atoms with Crippen molar-refractivity contribution >= 4 is 0 Å². The molecule has 0 heteroatoms. The molecule has 0 nitrogen and oxygen atoms in total. The van der Waals surface area contributed by atoms with Gasteiger partial charge in [-0.05, 0) is 44.9 Å². The highest BCUT2D eigenvalue weighted by Gasteiger charge is 1.84. The van der Waals surface area contributed by atoms with Crippen LogP contribution in [0.4, 0.5) is 0 Å². The molecule has 0 amide bonds. The van der Waals surface area contributed by atoms with Gasteiger partial charge in [0.2, 0.25) is 0 Å². The summed E-state index contributed by atoms with van der Waals surface area (Å²) < 4.78 is 0. The lowest BCUT2D eigenvalue weighted by atomic mass is 10.2. The summed E-state index contributed by atoms with van der Waals surface area (Å²) in [5, 5.41) is 0. The molecule has 71 valence electrons. The summed E-state index contributed by atoms with van der Waals surface area (Å²) in [4.78, 5) is 0. The topological polar surface area (TPSA) is 0 Å². The minimum Gasteiger partial charge on any atom is -0.0882 e. The predicted octanol–water partition coefficient (Wildman–Crippen LogP) is 4.21. The lowest BCUT2D eigenvalue weighted by molar-refractivity contribution is 0.864. The Bertz CT molecular complexity index is 164. The molecule has 0 aromatic rings. The fourth-order valence-electron chi connectivity index (χ4n) is 1.34. The maximum Gasteiger partial charge on any atom is -0.0167 e. The summed E-state index contributed by atoms with van der Waals surface area (Å²) in [6.07, 6.45) is 23.0. The van der Waals surface area contributed by atoms with Crippen LogP contribution in [0.1, 0.15) is 38.5 Å². The second kappa shape index (κ2) is 7.85. The van der Waals surface area contributed by atoms with E-state index in [4.69, 9.17) is 0 Å². The highest BCUT2D eigenvalue weighted by atomic mass is 13.9. The average molecular weight is 175 g/mol. The van der Waals surface area contributed by atoms with Crippen LogP contribution >= 0.6 is 0 Å². The van der Waals surface area contributed by atoms with Crippen molar-refractivity contribution in [2.45, 2.75) is 38.5 Å². The van der Waals surface area contributed by atoms with Gasteiger partial charge in [-0.2, -0.15) is 0 Å². The van der Waals surface area contributed by atoms with Crippen molar-refractivity contribution in [2.75, 3.05) is 0 Å². The lowest BCUT2D eigenvalue weighted by Gasteiger charge is -1.90. The second-order valence-corrected chi connectivity index (χ2v) is 3.35. The first-order valence-corrected chi connectivity index (χ1v) is 5.28. The Morgan fingerprint density at radius 1 is 0.615 bits per heavy atom. The molecule has 0 saturated heterocycles. The Morgan fingerprint density at radius 3 is 2.31 bits per heavy atom. The second-order valence-electron chi connectivity index (χ2n) is 3.35. The highest BCUT2D eigenvalue weighted by Crippen LogP contribution is 2.03. The van der Waals surface area contributed by atoms with E-state index < -0.39 is 0 Å². The van der Waals surface area contributed by atoms with Gasteiger partial charge in [-0.1, -0.05) is 36.5 Å². The first kappa shape index (κ1) is 10.3. The molecule has 0 saturated carbocycles. The fourth-order valence-corrected chi connectivity index (χ4v) is 1.34. The standard InChI is InChI=1S/C13H19/c1-2-4-6-8-10-12-13-11-9-7-5-3-1/h1-3,8,10-11,13H,4-7,9,12H2/b3-1+,10-8-,13-11-. The van der Waals surface area contributed by atoms with Gasteiger partial charge in [0, 0.05) is 0 Å². The van der Waals surface area contributed by atoms with Crippen molar-refractivity contribution in [3.63, 3.8) is 0 Å². The van der Waals surface area contributed by atoms with E-state index in [0.717, 1.165) is 6.42 Å². The number of hydrogen-bond acceptors (Lipinski definition) is 0. The molecule has 0 aromatic heterocycles. The Labute approximate surface area is 82.0 Å². The Kier molecular flexibility index (Phi) is 6.22. The number of hydrogen-bond donors (Lipinski definition) is 0. The van der Waals surface area contributed by atoms with Gasteiger partial charge < -0.3 is 0 Å². The zero-order chi connectivity index (χ0) is 9.19. The van der Waals surface area contributed by atoms with E-state index >= 15 is 0 Å². The van der Waals surface area contributed by atoms with Crippen molar-refractivity contribution < 1.29 is 0 Å². The predicted molar refractivity (Wildman–Crippen MR) is 59.4 cm³/mol. The van der Waals surface area contributed by atoms with Crippen LogP contribution in [0.5, 0.6) is 0 Å². The lowest BCUT2D eigenvalue weighted by Crippen LogP contribution is -1.71. The largest absolute Gasteiger partial charge is 0.0882 e. The third-order valence-electron chi connectivity index (χ3n) is 2.12. The SMILES string of the molecule is [CH]1/C=C/CCC/C=C\C/C=C\CC1. The van der Waals surface area contributed by atoms with Crippen LogP contribution in [-0.2, 0) is 0 Å². The highest BCUT2D eigenvalue weighted by molar-refractivity contribution is 4.99. The monoisotopic (exact) mass is 175 g/mol. The molecule has 1 radical (unpaired) electrons. The van der Waals surface area contributed by atoms with Gasteiger partial charge in [-0.25, -0.2) is 0 Å². The van der Waals surface area contributed by atoms with Gasteiger partial charge in [0.05, 0.1) is 0 Å². The molecule has 0 atom stereocenters. The van der Waals surface area contributed by atoms with Crippen molar-refractivity contribution in [2.24, 2.45) is 0 Å². The third-order valence-corrected chi connectivity index (χ3v) is 2.12. The molecule has 0 unspecified atom stereocenters. The van der Waals surface area contributed by atoms with Gasteiger partial charge in [-0.3, -0.25) is 0 Å². The normalized spacial score (nSPS) is 27.7. The zero-order valence-electron chi connectivity index (χ0n) is 8.28. The zero-order valence-corrected chi connectivity index (χ0v) is 8.28. The van der Waals surface area contributed by atoms with E-state index in [-0.39, 0.29) is 0 Å². The van der Waals surface area contributed by atoms with Gasteiger partial charge in [0.15, 0.2) is 0 Å². The van der Waals surface area contributed by atoms with Gasteiger partial charge in [0.25, 0.3) is 0 Å². The van der Waals surface area contributed by atoms with Crippen LogP contribution < -0.4 is 0 Å². The van der Waals surface area contributed by atoms with Crippen LogP contribution in [0.2, 0.25) is 0 Å². The molecular formula is C13H19. The van der Waals surface area contributed by atoms with Crippen LogP contribution in [0.25, 0.3) is 0 Å². The van der Waals surface area contributed by atoms with Crippen LogP contribution in [-0.4, -0.2) is 0 Å². The van der Waals surface area contributed by atoms with E-state index in [0.29, 0.717) is 0 Å². The van der Waals surface area contributed by atoms with Gasteiger partial charge in [0.1, 0.15) is 0 Å². The van der Waals surface area contributed by atoms with Crippen molar-refractivity contribution in [1.82, 2.24) is 0 Å². The molecular weight excluding hydrogens is 156 g/mol. The molecule has 0 aliphatic heterocycles. The summed E-state index contributed by atoms with van der Waals surface area (Å²) in [5.41, 5.74) is 0. The summed E-state index contributed by atoms with van der Waals surface area (Å²) in [7, 11) is 0. The summed E-state index contributed by atoms with van der Waals surface area (Å²) in [6.45, 7) is 0. The maximum absolute atomic E-state index is 2.29. The molecule has 1 aliphatic rings. The van der Waals surface area contributed by atoms with E-state index in [1.165, 1.54) is 32.1 Å². The first-order chi connectivity index (χ1) is 6.50. The molecule has 0 N–H and O–H groups in total. The summed E-state index contributed by atoms with van der Waals surface area (Å²) in [5.74, 6) is 0. The third kappa shape index (κ3) is 6.39. The molecule has 1 rings (SSSR count). The summed E-state index contributed by atoms with van der Waals surface area (Å²) >= 11 is 0. The molecule has 13 heavy (non-hydrogen) atoms.